The molecule has 8 bridgehead atoms. The summed E-state index contributed by atoms with van der Waals surface area (Å²) >= 11 is 0. The number of aromatic nitrogens is 5. The fraction of sp³-hybridized carbons (Fsp3) is 0.321. The Morgan fingerprint density at radius 1 is 1.16 bits per heavy atom. The van der Waals surface area contributed by atoms with Crippen molar-refractivity contribution in [1.82, 2.24) is 30.0 Å². The van der Waals surface area contributed by atoms with Gasteiger partial charge in [0.2, 0.25) is 5.95 Å². The summed E-state index contributed by atoms with van der Waals surface area (Å²) in [6.07, 6.45) is -0.836. The largest absolute Gasteiger partial charge is 0.421 e. The minimum atomic E-state index is -4.80. The molecule has 0 spiro atoms. The normalized spacial score (nSPS) is 18.9. The van der Waals surface area contributed by atoms with E-state index in [9.17, 15) is 22.5 Å². The van der Waals surface area contributed by atoms with Gasteiger partial charge in [0.25, 0.3) is 5.91 Å². The molecule has 16 heteroatoms. The summed E-state index contributed by atoms with van der Waals surface area (Å²) in [6.45, 7) is 4.42. The first-order valence-electron chi connectivity index (χ1n) is 13.7. The van der Waals surface area contributed by atoms with Crippen LogP contribution in [-0.2, 0) is 32.5 Å². The van der Waals surface area contributed by atoms with Crippen molar-refractivity contribution in [2.24, 2.45) is 5.92 Å². The SMILES string of the molecule is CCO[P@]1(=O)Cc2ccc(cc2)Nc2ncc(C(F)(F)F)c(n2)Nc2ccc(nc2C(=O)NC)-c2cnn(c2)C[C@@H](C)CO1. The van der Waals surface area contributed by atoms with Crippen LogP contribution in [0.15, 0.2) is 55.0 Å². The lowest BCUT2D eigenvalue weighted by molar-refractivity contribution is -0.137. The van der Waals surface area contributed by atoms with E-state index in [1.165, 1.54) is 13.1 Å². The number of pyridine rings is 1. The third kappa shape index (κ3) is 7.24. The van der Waals surface area contributed by atoms with E-state index < -0.39 is 31.1 Å². The summed E-state index contributed by atoms with van der Waals surface area (Å²) < 4.78 is 68.5. The minimum absolute atomic E-state index is 0.00614. The number of amides is 1. The van der Waals surface area contributed by atoms with E-state index in [0.717, 1.165) is 0 Å². The van der Waals surface area contributed by atoms with E-state index in [-0.39, 0.29) is 42.6 Å². The Labute approximate surface area is 251 Å². The molecule has 0 saturated heterocycles. The lowest BCUT2D eigenvalue weighted by Crippen LogP contribution is -2.21. The molecule has 3 aromatic heterocycles. The highest BCUT2D eigenvalue weighted by atomic mass is 31.2. The van der Waals surface area contributed by atoms with Gasteiger partial charge in [0.15, 0.2) is 5.69 Å². The Morgan fingerprint density at radius 3 is 2.64 bits per heavy atom. The summed E-state index contributed by atoms with van der Waals surface area (Å²) in [5.74, 6) is -1.43. The van der Waals surface area contributed by atoms with Gasteiger partial charge in [-0.2, -0.15) is 23.3 Å². The van der Waals surface area contributed by atoms with Crippen molar-refractivity contribution >= 4 is 36.6 Å². The smallest absolute Gasteiger partial charge is 0.354 e. The molecule has 8 rings (SSSR count). The number of hydrogen-bond acceptors (Lipinski definition) is 10. The summed E-state index contributed by atoms with van der Waals surface area (Å²) in [5, 5.41) is 12.4. The fourth-order valence-corrected chi connectivity index (χ4v) is 6.25. The molecule has 4 aromatic rings. The zero-order valence-corrected chi connectivity index (χ0v) is 24.9. The number of halogens is 3. The van der Waals surface area contributed by atoms with Crippen molar-refractivity contribution in [2.45, 2.75) is 32.7 Å². The molecule has 44 heavy (non-hydrogen) atoms. The number of carbonyl (C=O) groups excluding carboxylic acids is 1. The Hall–Kier alpha value is -4.33. The average molecular weight is 631 g/mol. The summed E-state index contributed by atoms with van der Waals surface area (Å²) in [7, 11) is -2.11. The second kappa shape index (κ2) is 12.7. The molecule has 1 amide bonds. The van der Waals surface area contributed by atoms with Crippen molar-refractivity contribution in [3.05, 3.63) is 71.8 Å². The van der Waals surface area contributed by atoms with Crippen molar-refractivity contribution in [1.29, 1.82) is 0 Å². The number of alkyl halides is 3. The van der Waals surface area contributed by atoms with Gasteiger partial charge in [0, 0.05) is 37.2 Å². The zero-order valence-electron chi connectivity index (χ0n) is 24.1. The molecule has 0 aliphatic carbocycles. The van der Waals surface area contributed by atoms with Gasteiger partial charge in [0.1, 0.15) is 11.4 Å². The van der Waals surface area contributed by atoms with Crippen LogP contribution in [0.4, 0.5) is 36.3 Å². The molecule has 0 fully saturated rings. The third-order valence-electron chi connectivity index (χ3n) is 6.58. The molecule has 2 atom stereocenters. The molecular weight excluding hydrogens is 600 g/mol. The predicted octanol–water partition coefficient (Wildman–Crippen LogP) is 6.00. The number of hydrogen-bond donors (Lipinski definition) is 3. The highest BCUT2D eigenvalue weighted by Gasteiger charge is 2.36. The standard InChI is InChI=1S/C28H30F3N8O4P/c1-4-42-44(41)16-18-5-7-20(8-6-18)35-27-33-12-21(28(29,30)31)25(38-27)37-23-10-9-22(36-24(23)26(40)32-3)19-11-34-39(14-19)13-17(2)15-43-44/h5-12,14,17H,4,13,15-16H2,1-3H3,(H,32,40)(H2,33,35,37,38)/t17-,44-/m1/s1. The summed E-state index contributed by atoms with van der Waals surface area (Å²) in [4.78, 5) is 25.2. The molecule has 4 aliphatic heterocycles. The molecule has 0 saturated carbocycles. The van der Waals surface area contributed by atoms with Crippen LogP contribution in [-0.4, -0.2) is 50.9 Å². The Kier molecular flexibility index (Phi) is 9.00. The quantitative estimate of drug-likeness (QED) is 0.231. The number of rotatable bonds is 3. The lowest BCUT2D eigenvalue weighted by atomic mass is 10.1. The van der Waals surface area contributed by atoms with Crippen LogP contribution in [0.5, 0.6) is 0 Å². The van der Waals surface area contributed by atoms with Crippen LogP contribution >= 0.6 is 7.60 Å². The van der Waals surface area contributed by atoms with Crippen molar-refractivity contribution in [3.8, 4) is 11.3 Å². The van der Waals surface area contributed by atoms with E-state index in [0.29, 0.717) is 35.2 Å². The van der Waals surface area contributed by atoms with Crippen LogP contribution in [0.2, 0.25) is 0 Å². The van der Waals surface area contributed by atoms with Gasteiger partial charge in [-0.1, -0.05) is 19.1 Å². The maximum atomic E-state index is 14.0. The molecule has 1 aromatic carbocycles. The van der Waals surface area contributed by atoms with Gasteiger partial charge in [-0.15, -0.1) is 0 Å². The van der Waals surface area contributed by atoms with Crippen LogP contribution in [0.1, 0.15) is 35.5 Å². The second-order valence-corrected chi connectivity index (χ2v) is 12.2. The molecule has 7 heterocycles. The Morgan fingerprint density at radius 2 is 1.93 bits per heavy atom. The van der Waals surface area contributed by atoms with E-state index in [1.54, 1.807) is 54.3 Å². The van der Waals surface area contributed by atoms with Gasteiger partial charge in [-0.25, -0.2) is 9.97 Å². The van der Waals surface area contributed by atoms with E-state index in [2.05, 4.69) is 36.0 Å². The summed E-state index contributed by atoms with van der Waals surface area (Å²) in [5.41, 5.74) is 0.809. The van der Waals surface area contributed by atoms with Crippen molar-refractivity contribution < 1.29 is 31.6 Å². The van der Waals surface area contributed by atoms with Crippen LogP contribution < -0.4 is 16.0 Å². The topological polar surface area (TPSA) is 145 Å². The van der Waals surface area contributed by atoms with Crippen LogP contribution in [0, 0.1) is 5.92 Å². The lowest BCUT2D eigenvalue weighted by Gasteiger charge is -2.20. The second-order valence-electron chi connectivity index (χ2n) is 10.1. The molecule has 4 aliphatic rings. The highest BCUT2D eigenvalue weighted by Crippen LogP contribution is 2.51. The predicted molar refractivity (Wildman–Crippen MR) is 157 cm³/mol. The van der Waals surface area contributed by atoms with Crippen molar-refractivity contribution in [2.75, 3.05) is 30.9 Å². The van der Waals surface area contributed by atoms with Gasteiger partial charge in [-0.05, 0) is 42.7 Å². The van der Waals surface area contributed by atoms with Crippen LogP contribution in [0.3, 0.4) is 0 Å². The molecule has 3 N–H and O–H groups in total. The zero-order chi connectivity index (χ0) is 31.5. The van der Waals surface area contributed by atoms with Gasteiger partial charge in [0.05, 0.1) is 37.0 Å². The number of carbonyl (C=O) groups is 1. The first kappa shape index (κ1) is 31.1. The van der Waals surface area contributed by atoms with E-state index in [1.807, 2.05) is 6.92 Å². The van der Waals surface area contributed by atoms with E-state index >= 15 is 0 Å². The monoisotopic (exact) mass is 630 g/mol. The fourth-order valence-electron chi connectivity index (χ4n) is 4.46. The Balaban J connectivity index is 1.60. The highest BCUT2D eigenvalue weighted by molar-refractivity contribution is 7.53. The first-order valence-corrected chi connectivity index (χ1v) is 15.4. The van der Waals surface area contributed by atoms with E-state index in [4.69, 9.17) is 9.05 Å². The van der Waals surface area contributed by atoms with Crippen LogP contribution in [0.25, 0.3) is 11.3 Å². The molecule has 232 valence electrons. The number of nitrogens with zero attached hydrogens (tertiary/aromatic N) is 5. The van der Waals surface area contributed by atoms with Gasteiger partial charge in [-0.3, -0.25) is 14.0 Å². The molecule has 12 nitrogen and oxygen atoms in total. The van der Waals surface area contributed by atoms with Gasteiger partial charge < -0.3 is 25.0 Å². The number of benzene rings is 1. The maximum absolute atomic E-state index is 14.0. The minimum Gasteiger partial charge on any atom is -0.354 e. The maximum Gasteiger partial charge on any atom is 0.421 e. The van der Waals surface area contributed by atoms with Gasteiger partial charge >= 0.3 is 13.8 Å². The summed E-state index contributed by atoms with van der Waals surface area (Å²) in [6, 6.07) is 9.70. The molecule has 0 unspecified atom stereocenters. The Bertz CT molecular complexity index is 1700. The average Bonchev–Trinajstić information content (AvgIpc) is 3.44. The third-order valence-corrected chi connectivity index (χ3v) is 8.53. The molecule has 0 radical (unpaired) electrons. The molecular formula is C28H30F3N8O4P. The van der Waals surface area contributed by atoms with Crippen molar-refractivity contribution in [3.63, 3.8) is 0 Å². The number of anilines is 4. The number of nitrogens with one attached hydrogen (secondary N) is 3. The first-order chi connectivity index (χ1) is 21.0.